The van der Waals surface area contributed by atoms with Crippen molar-refractivity contribution in [1.29, 1.82) is 0 Å². The topological polar surface area (TPSA) is 251 Å². The molecular weight excluding hydrogens is 552 g/mol. The molecular formula is C27H38N6O9. The summed E-state index contributed by atoms with van der Waals surface area (Å²) in [5.74, 6) is -7.28. The summed E-state index contributed by atoms with van der Waals surface area (Å²) in [5.41, 5.74) is 11.4. The van der Waals surface area contributed by atoms with Gasteiger partial charge in [-0.2, -0.15) is 0 Å². The molecule has 5 atom stereocenters. The third-order valence-electron chi connectivity index (χ3n) is 6.73. The Labute approximate surface area is 242 Å². The van der Waals surface area contributed by atoms with E-state index in [1.807, 2.05) is 0 Å². The summed E-state index contributed by atoms with van der Waals surface area (Å²) < 4.78 is 0. The lowest BCUT2D eigenvalue weighted by atomic mass is 10.00. The number of primary amides is 1. The summed E-state index contributed by atoms with van der Waals surface area (Å²) in [7, 11) is 0. The number of nitrogens with two attached hydrogens (primary N) is 2. The van der Waals surface area contributed by atoms with Crippen LogP contribution in [0.3, 0.4) is 0 Å². The molecule has 15 nitrogen and oxygen atoms in total. The van der Waals surface area contributed by atoms with Gasteiger partial charge in [0.15, 0.2) is 0 Å². The molecule has 1 saturated heterocycles. The Hall–Kier alpha value is -4.53. The molecule has 0 saturated carbocycles. The monoisotopic (exact) mass is 590 g/mol. The van der Waals surface area contributed by atoms with Crippen molar-refractivity contribution in [3.05, 3.63) is 35.9 Å². The molecule has 0 unspecified atom stereocenters. The van der Waals surface area contributed by atoms with E-state index in [9.17, 15) is 43.8 Å². The number of likely N-dealkylation sites (tertiary alicyclic amines) is 1. The first-order valence-corrected chi connectivity index (χ1v) is 13.4. The highest BCUT2D eigenvalue weighted by Gasteiger charge is 2.39. The van der Waals surface area contributed by atoms with Gasteiger partial charge >= 0.3 is 11.9 Å². The minimum atomic E-state index is -1.60. The molecule has 2 rings (SSSR count). The van der Waals surface area contributed by atoms with E-state index in [4.69, 9.17) is 11.5 Å². The molecule has 0 aromatic heterocycles. The molecule has 42 heavy (non-hydrogen) atoms. The van der Waals surface area contributed by atoms with Crippen LogP contribution in [0.1, 0.15) is 45.1 Å². The van der Waals surface area contributed by atoms with Gasteiger partial charge in [0, 0.05) is 13.0 Å². The number of rotatable bonds is 15. The Morgan fingerprint density at radius 1 is 0.905 bits per heavy atom. The Morgan fingerprint density at radius 3 is 2.07 bits per heavy atom. The molecule has 1 aliphatic rings. The maximum Gasteiger partial charge on any atom is 0.326 e. The summed E-state index contributed by atoms with van der Waals surface area (Å²) in [6.45, 7) is 3.35. The van der Waals surface area contributed by atoms with E-state index in [0.717, 1.165) is 4.90 Å². The van der Waals surface area contributed by atoms with Gasteiger partial charge in [-0.1, -0.05) is 44.2 Å². The highest BCUT2D eigenvalue weighted by atomic mass is 16.4. The second-order valence-electron chi connectivity index (χ2n) is 10.4. The first-order valence-electron chi connectivity index (χ1n) is 13.4. The van der Waals surface area contributed by atoms with Crippen molar-refractivity contribution in [1.82, 2.24) is 20.9 Å². The van der Waals surface area contributed by atoms with Gasteiger partial charge in [-0.25, -0.2) is 4.79 Å². The number of amides is 5. The zero-order valence-electron chi connectivity index (χ0n) is 23.4. The number of carboxylic acids is 2. The summed E-state index contributed by atoms with van der Waals surface area (Å²) >= 11 is 0. The fraction of sp³-hybridized carbons (Fsp3) is 0.519. The second-order valence-corrected chi connectivity index (χ2v) is 10.4. The maximum atomic E-state index is 13.5. The third kappa shape index (κ3) is 9.83. The van der Waals surface area contributed by atoms with Gasteiger partial charge in [0.05, 0.1) is 18.9 Å². The number of carbonyl (C=O) groups excluding carboxylic acids is 5. The Bertz CT molecular complexity index is 1180. The Morgan fingerprint density at radius 2 is 1.52 bits per heavy atom. The van der Waals surface area contributed by atoms with E-state index in [1.165, 1.54) is 0 Å². The quantitative estimate of drug-likeness (QED) is 0.119. The number of hydrogen-bond donors (Lipinski definition) is 7. The van der Waals surface area contributed by atoms with E-state index in [1.54, 1.807) is 44.2 Å². The molecule has 1 heterocycles. The average Bonchev–Trinajstić information content (AvgIpc) is 3.40. The van der Waals surface area contributed by atoms with Crippen molar-refractivity contribution in [3.63, 3.8) is 0 Å². The van der Waals surface area contributed by atoms with Crippen LogP contribution in [-0.4, -0.2) is 93.3 Å². The van der Waals surface area contributed by atoms with Crippen LogP contribution in [0, 0.1) is 5.92 Å². The predicted octanol–water partition coefficient (Wildman–Crippen LogP) is -1.91. The smallest absolute Gasteiger partial charge is 0.326 e. The number of nitrogens with zero attached hydrogens (tertiary/aromatic N) is 1. The van der Waals surface area contributed by atoms with Crippen LogP contribution in [-0.2, 0) is 40.0 Å². The lowest BCUT2D eigenvalue weighted by Gasteiger charge is -2.29. The van der Waals surface area contributed by atoms with E-state index in [-0.39, 0.29) is 19.4 Å². The SMILES string of the molecule is CC(C)[C@H](NC(=O)[C@@H](N)CC(N)=O)C(=O)N[C@@H](Cc1ccccc1)C(=O)N[C@@H](CC(=O)O)C(=O)N1CCC[C@H]1C(=O)O. The minimum Gasteiger partial charge on any atom is -0.481 e. The minimum absolute atomic E-state index is 0.0617. The number of aliphatic carboxylic acids is 2. The van der Waals surface area contributed by atoms with Gasteiger partial charge in [-0.15, -0.1) is 0 Å². The number of nitrogens with one attached hydrogen (secondary N) is 3. The van der Waals surface area contributed by atoms with E-state index >= 15 is 0 Å². The maximum absolute atomic E-state index is 13.5. The summed E-state index contributed by atoms with van der Waals surface area (Å²) in [6.07, 6.45) is -0.743. The Kier molecular flexibility index (Phi) is 12.4. The highest BCUT2D eigenvalue weighted by Crippen LogP contribution is 2.19. The fourth-order valence-electron chi connectivity index (χ4n) is 4.56. The van der Waals surface area contributed by atoms with Gasteiger partial charge in [-0.05, 0) is 24.3 Å². The van der Waals surface area contributed by atoms with Crippen LogP contribution < -0.4 is 27.4 Å². The molecule has 9 N–H and O–H groups in total. The first kappa shape index (κ1) is 33.7. The molecule has 0 radical (unpaired) electrons. The van der Waals surface area contributed by atoms with Crippen LogP contribution in [0.5, 0.6) is 0 Å². The summed E-state index contributed by atoms with van der Waals surface area (Å²) in [5, 5.41) is 26.3. The van der Waals surface area contributed by atoms with Crippen LogP contribution in [0.15, 0.2) is 30.3 Å². The van der Waals surface area contributed by atoms with Crippen molar-refractivity contribution >= 4 is 41.5 Å². The standard InChI is InChI=1S/C27H38N6O9/c1-14(2)22(32-23(37)16(28)12-20(29)34)25(39)30-17(11-15-7-4-3-5-8-15)24(38)31-18(13-21(35)36)26(40)33-10-6-9-19(33)27(41)42/h3-5,7-8,14,16-19,22H,6,9-13,28H2,1-2H3,(H2,29,34)(H,30,39)(H,31,38)(H,32,37)(H,35,36)(H,41,42)/t16-,17-,18-,19-,22-/m0/s1. The lowest BCUT2D eigenvalue weighted by molar-refractivity contribution is -0.150. The van der Waals surface area contributed by atoms with Gasteiger partial charge in [0.2, 0.25) is 29.5 Å². The largest absolute Gasteiger partial charge is 0.481 e. The summed E-state index contributed by atoms with van der Waals surface area (Å²) in [6, 6.07) is 1.99. The lowest BCUT2D eigenvalue weighted by Crippen LogP contribution is -2.60. The van der Waals surface area contributed by atoms with Crippen molar-refractivity contribution in [2.24, 2.45) is 17.4 Å². The molecule has 15 heteroatoms. The number of hydrogen-bond acceptors (Lipinski definition) is 8. The van der Waals surface area contributed by atoms with Crippen LogP contribution in [0.2, 0.25) is 0 Å². The molecule has 1 aliphatic heterocycles. The molecule has 0 bridgehead atoms. The number of benzene rings is 1. The zero-order chi connectivity index (χ0) is 31.6. The Balaban J connectivity index is 2.30. The first-order chi connectivity index (χ1) is 19.7. The van der Waals surface area contributed by atoms with Gasteiger partial charge < -0.3 is 42.5 Å². The number of carbonyl (C=O) groups is 7. The molecule has 1 aromatic carbocycles. The van der Waals surface area contributed by atoms with Crippen molar-refractivity contribution in [2.75, 3.05) is 6.54 Å². The van der Waals surface area contributed by atoms with Crippen molar-refractivity contribution in [3.8, 4) is 0 Å². The van der Waals surface area contributed by atoms with E-state index in [2.05, 4.69) is 16.0 Å². The van der Waals surface area contributed by atoms with Gasteiger partial charge in [-0.3, -0.25) is 28.8 Å². The van der Waals surface area contributed by atoms with E-state index in [0.29, 0.717) is 12.0 Å². The van der Waals surface area contributed by atoms with Crippen LogP contribution >= 0.6 is 0 Å². The van der Waals surface area contributed by atoms with Crippen LogP contribution in [0.25, 0.3) is 0 Å². The predicted molar refractivity (Wildman–Crippen MR) is 147 cm³/mol. The van der Waals surface area contributed by atoms with Gasteiger partial charge in [0.25, 0.3) is 0 Å². The van der Waals surface area contributed by atoms with Crippen molar-refractivity contribution in [2.45, 2.75) is 76.2 Å². The van der Waals surface area contributed by atoms with E-state index < -0.39 is 90.4 Å². The molecule has 1 fully saturated rings. The molecule has 0 spiro atoms. The fourth-order valence-corrected chi connectivity index (χ4v) is 4.56. The number of carboxylic acid groups (broad SMARTS) is 2. The third-order valence-corrected chi connectivity index (χ3v) is 6.73. The van der Waals surface area contributed by atoms with Crippen molar-refractivity contribution < 1.29 is 43.8 Å². The molecule has 1 aromatic rings. The summed E-state index contributed by atoms with van der Waals surface area (Å²) in [4.78, 5) is 87.8. The molecule has 230 valence electrons. The zero-order valence-corrected chi connectivity index (χ0v) is 23.4. The highest BCUT2D eigenvalue weighted by molar-refractivity contribution is 5.97. The van der Waals surface area contributed by atoms with Crippen LogP contribution in [0.4, 0.5) is 0 Å². The average molecular weight is 591 g/mol. The van der Waals surface area contributed by atoms with Gasteiger partial charge in [0.1, 0.15) is 24.2 Å². The second kappa shape index (κ2) is 15.5. The molecule has 0 aliphatic carbocycles. The normalized spacial score (nSPS) is 17.4. The molecule has 5 amide bonds.